The van der Waals surface area contributed by atoms with Crippen molar-refractivity contribution in [2.24, 2.45) is 0 Å². The maximum Gasteiger partial charge on any atom is 0.266 e. The Kier molecular flexibility index (Phi) is 3.50. The van der Waals surface area contributed by atoms with Crippen LogP contribution >= 0.6 is 0 Å². The zero-order valence-electron chi connectivity index (χ0n) is 8.48. The second-order valence-electron chi connectivity index (χ2n) is 3.24. The van der Waals surface area contributed by atoms with Gasteiger partial charge in [-0.05, 0) is 31.0 Å². The lowest BCUT2D eigenvalue weighted by molar-refractivity contribution is 0.101. The smallest absolute Gasteiger partial charge is 0.266 e. The van der Waals surface area contributed by atoms with Crippen molar-refractivity contribution in [3.63, 3.8) is 0 Å². The van der Waals surface area contributed by atoms with E-state index in [9.17, 15) is 18.0 Å². The second-order valence-corrected chi connectivity index (χ2v) is 3.24. The van der Waals surface area contributed by atoms with E-state index in [1.54, 1.807) is 6.92 Å². The zero-order chi connectivity index (χ0) is 11.6. The molecule has 0 aliphatic carbocycles. The van der Waals surface area contributed by atoms with Gasteiger partial charge >= 0.3 is 0 Å². The van der Waals surface area contributed by atoms with Gasteiger partial charge in [0.1, 0.15) is 5.82 Å². The van der Waals surface area contributed by atoms with Crippen LogP contribution in [0.2, 0.25) is 0 Å². The number of ketones is 1. The molecule has 1 aromatic carbocycles. The van der Waals surface area contributed by atoms with Crippen molar-refractivity contribution < 1.29 is 18.0 Å². The molecule has 0 amide bonds. The van der Waals surface area contributed by atoms with Crippen molar-refractivity contribution in [3.05, 3.63) is 34.6 Å². The van der Waals surface area contributed by atoms with Crippen LogP contribution in [0.1, 0.15) is 41.8 Å². The monoisotopic (exact) mass is 216 g/mol. The Morgan fingerprint density at radius 3 is 2.40 bits per heavy atom. The molecule has 0 saturated carbocycles. The minimum absolute atomic E-state index is 0.133. The number of alkyl halides is 2. The molecule has 0 aromatic heterocycles. The SMILES string of the molecule is CCc1cc(C(C)=O)cc(F)c1C(F)F. The lowest BCUT2D eigenvalue weighted by atomic mass is 10.00. The molecular formula is C11H11F3O. The molecule has 1 rings (SSSR count). The minimum Gasteiger partial charge on any atom is -0.295 e. The molecule has 1 nitrogen and oxygen atoms in total. The predicted molar refractivity (Wildman–Crippen MR) is 50.7 cm³/mol. The summed E-state index contributed by atoms with van der Waals surface area (Å²) in [5.74, 6) is -1.33. The molecule has 0 N–H and O–H groups in total. The molecular weight excluding hydrogens is 205 g/mol. The summed E-state index contributed by atoms with van der Waals surface area (Å²) in [4.78, 5) is 11.0. The first kappa shape index (κ1) is 11.8. The Hall–Kier alpha value is -1.32. The average Bonchev–Trinajstić information content (AvgIpc) is 2.15. The molecule has 82 valence electrons. The maximum atomic E-state index is 13.3. The fraction of sp³-hybridized carbons (Fsp3) is 0.364. The molecule has 0 heterocycles. The van der Waals surface area contributed by atoms with Crippen LogP contribution in [0.25, 0.3) is 0 Å². The van der Waals surface area contributed by atoms with E-state index in [0.717, 1.165) is 6.07 Å². The van der Waals surface area contributed by atoms with Gasteiger partial charge in [-0.2, -0.15) is 0 Å². The van der Waals surface area contributed by atoms with Crippen LogP contribution in [-0.2, 0) is 6.42 Å². The number of benzene rings is 1. The number of hydrogen-bond acceptors (Lipinski definition) is 1. The van der Waals surface area contributed by atoms with Crippen molar-refractivity contribution in [1.29, 1.82) is 0 Å². The third-order valence-corrected chi connectivity index (χ3v) is 2.22. The first-order chi connectivity index (χ1) is 6.97. The summed E-state index contributed by atoms with van der Waals surface area (Å²) >= 11 is 0. The van der Waals surface area contributed by atoms with E-state index in [-0.39, 0.29) is 23.3 Å². The van der Waals surface area contributed by atoms with E-state index in [0.29, 0.717) is 0 Å². The van der Waals surface area contributed by atoms with E-state index in [1.165, 1.54) is 13.0 Å². The van der Waals surface area contributed by atoms with Gasteiger partial charge in [0.05, 0.1) is 5.56 Å². The molecule has 15 heavy (non-hydrogen) atoms. The lowest BCUT2D eigenvalue weighted by Crippen LogP contribution is -2.03. The number of carbonyl (C=O) groups is 1. The van der Waals surface area contributed by atoms with Gasteiger partial charge < -0.3 is 0 Å². The highest BCUT2D eigenvalue weighted by molar-refractivity contribution is 5.94. The van der Waals surface area contributed by atoms with Crippen LogP contribution in [0.4, 0.5) is 13.2 Å². The average molecular weight is 216 g/mol. The number of carbonyl (C=O) groups excluding carboxylic acids is 1. The molecule has 0 atom stereocenters. The molecule has 0 spiro atoms. The van der Waals surface area contributed by atoms with Gasteiger partial charge in [-0.25, -0.2) is 13.2 Å². The highest BCUT2D eigenvalue weighted by Gasteiger charge is 2.19. The highest BCUT2D eigenvalue weighted by atomic mass is 19.3. The van der Waals surface area contributed by atoms with Gasteiger partial charge in [0.25, 0.3) is 6.43 Å². The fourth-order valence-electron chi connectivity index (χ4n) is 1.41. The summed E-state index contributed by atoms with van der Waals surface area (Å²) < 4.78 is 38.2. The Balaban J connectivity index is 3.37. The van der Waals surface area contributed by atoms with Gasteiger partial charge in [-0.1, -0.05) is 6.92 Å². The summed E-state index contributed by atoms with van der Waals surface area (Å²) in [6.45, 7) is 2.92. The molecule has 0 fully saturated rings. The standard InChI is InChI=1S/C11H11F3O/c1-3-7-4-8(6(2)15)5-9(12)10(7)11(13)14/h4-5,11H,3H2,1-2H3. The third-order valence-electron chi connectivity index (χ3n) is 2.22. The number of hydrogen-bond donors (Lipinski definition) is 0. The van der Waals surface area contributed by atoms with Crippen molar-refractivity contribution >= 4 is 5.78 Å². The highest BCUT2D eigenvalue weighted by Crippen LogP contribution is 2.27. The number of halogens is 3. The fourth-order valence-corrected chi connectivity index (χ4v) is 1.41. The van der Waals surface area contributed by atoms with E-state index in [4.69, 9.17) is 0 Å². The summed E-state index contributed by atoms with van der Waals surface area (Å²) in [6.07, 6.45) is -2.57. The normalized spacial score (nSPS) is 10.8. The van der Waals surface area contributed by atoms with Gasteiger partial charge in [-0.3, -0.25) is 4.79 Å². The number of rotatable bonds is 3. The van der Waals surface area contributed by atoms with E-state index < -0.39 is 17.8 Å². The van der Waals surface area contributed by atoms with Crippen LogP contribution in [0, 0.1) is 5.82 Å². The molecule has 0 aliphatic heterocycles. The first-order valence-corrected chi connectivity index (χ1v) is 4.58. The van der Waals surface area contributed by atoms with E-state index in [2.05, 4.69) is 0 Å². The minimum atomic E-state index is -2.85. The molecule has 0 unspecified atom stereocenters. The Morgan fingerprint density at radius 1 is 1.40 bits per heavy atom. The van der Waals surface area contributed by atoms with Crippen LogP contribution in [0.3, 0.4) is 0 Å². The lowest BCUT2D eigenvalue weighted by Gasteiger charge is -2.09. The summed E-state index contributed by atoms with van der Waals surface area (Å²) in [6, 6.07) is 2.19. The Labute approximate surface area is 85.9 Å². The molecule has 0 aliphatic rings. The Morgan fingerprint density at radius 2 is 2.00 bits per heavy atom. The van der Waals surface area contributed by atoms with Crippen LogP contribution in [0.15, 0.2) is 12.1 Å². The largest absolute Gasteiger partial charge is 0.295 e. The van der Waals surface area contributed by atoms with E-state index in [1.807, 2.05) is 0 Å². The van der Waals surface area contributed by atoms with Crippen molar-refractivity contribution in [2.75, 3.05) is 0 Å². The van der Waals surface area contributed by atoms with Gasteiger partial charge in [0, 0.05) is 5.56 Å². The number of Topliss-reactive ketones (excluding diaryl/α,β-unsaturated/α-hetero) is 1. The third kappa shape index (κ3) is 2.37. The first-order valence-electron chi connectivity index (χ1n) is 4.58. The Bertz CT molecular complexity index is 386. The van der Waals surface area contributed by atoms with Crippen LogP contribution < -0.4 is 0 Å². The van der Waals surface area contributed by atoms with Crippen molar-refractivity contribution in [3.8, 4) is 0 Å². The van der Waals surface area contributed by atoms with Gasteiger partial charge in [0.15, 0.2) is 5.78 Å². The quantitative estimate of drug-likeness (QED) is 0.706. The maximum absolute atomic E-state index is 13.3. The second kappa shape index (κ2) is 4.47. The summed E-state index contributed by atoms with van der Waals surface area (Å²) in [7, 11) is 0. The van der Waals surface area contributed by atoms with E-state index >= 15 is 0 Å². The zero-order valence-corrected chi connectivity index (χ0v) is 8.48. The van der Waals surface area contributed by atoms with Crippen LogP contribution in [0.5, 0.6) is 0 Å². The molecule has 4 heteroatoms. The van der Waals surface area contributed by atoms with Gasteiger partial charge in [0.2, 0.25) is 0 Å². The number of aryl methyl sites for hydroxylation is 1. The predicted octanol–water partition coefficient (Wildman–Crippen LogP) is 3.53. The molecule has 0 bridgehead atoms. The molecule has 0 saturated heterocycles. The van der Waals surface area contributed by atoms with Crippen LogP contribution in [-0.4, -0.2) is 5.78 Å². The molecule has 1 aromatic rings. The summed E-state index contributed by atoms with van der Waals surface area (Å²) in [5, 5.41) is 0. The summed E-state index contributed by atoms with van der Waals surface area (Å²) in [5.41, 5.74) is -0.272. The van der Waals surface area contributed by atoms with Gasteiger partial charge in [-0.15, -0.1) is 0 Å². The van der Waals surface area contributed by atoms with Crippen molar-refractivity contribution in [2.45, 2.75) is 26.7 Å². The molecule has 0 radical (unpaired) electrons. The van der Waals surface area contributed by atoms with Crippen molar-refractivity contribution in [1.82, 2.24) is 0 Å². The topological polar surface area (TPSA) is 17.1 Å².